The van der Waals surface area contributed by atoms with Gasteiger partial charge in [-0.05, 0) is 24.5 Å². The Morgan fingerprint density at radius 1 is 1.42 bits per heavy atom. The normalized spacial score (nSPS) is 20.2. The molecule has 126 valence electrons. The van der Waals surface area contributed by atoms with Gasteiger partial charge in [0, 0.05) is 38.4 Å². The Hall–Kier alpha value is -2.21. The third-order valence-corrected chi connectivity index (χ3v) is 4.73. The molecule has 0 aromatic carbocycles. The van der Waals surface area contributed by atoms with E-state index in [0.29, 0.717) is 26.1 Å². The van der Waals surface area contributed by atoms with Gasteiger partial charge >= 0.3 is 0 Å². The van der Waals surface area contributed by atoms with E-state index < -0.39 is 0 Å². The minimum atomic E-state index is 0.165. The third-order valence-electron chi connectivity index (χ3n) is 4.73. The lowest BCUT2D eigenvalue weighted by Gasteiger charge is -2.25. The van der Waals surface area contributed by atoms with E-state index >= 15 is 0 Å². The molecule has 1 fully saturated rings. The summed E-state index contributed by atoms with van der Waals surface area (Å²) in [7, 11) is 0. The first kappa shape index (κ1) is 15.3. The number of aryl methyl sites for hydroxylation is 1. The highest BCUT2D eigenvalue weighted by Crippen LogP contribution is 2.29. The molecule has 24 heavy (non-hydrogen) atoms. The van der Waals surface area contributed by atoms with Crippen LogP contribution in [0.3, 0.4) is 0 Å². The quantitative estimate of drug-likeness (QED) is 0.860. The summed E-state index contributed by atoms with van der Waals surface area (Å²) in [5.74, 6) is 2.15. The summed E-state index contributed by atoms with van der Waals surface area (Å²) in [4.78, 5) is 23.1. The number of hydrogen-bond acceptors (Lipinski definition) is 5. The molecule has 4 rings (SSSR count). The second kappa shape index (κ2) is 6.73. The number of oxazole rings is 1. The van der Waals surface area contributed by atoms with E-state index in [-0.39, 0.29) is 11.8 Å². The number of carbonyl (C=O) groups excluding carboxylic acids is 1. The van der Waals surface area contributed by atoms with Crippen molar-refractivity contribution in [3.8, 4) is 0 Å². The number of amides is 1. The maximum Gasteiger partial charge on any atom is 0.223 e. The number of ether oxygens (including phenoxy) is 1. The molecular formula is C18H21N3O3. The summed E-state index contributed by atoms with van der Waals surface area (Å²) in [6.07, 6.45) is 6.49. The largest absolute Gasteiger partial charge is 0.445 e. The molecule has 2 aromatic heterocycles. The van der Waals surface area contributed by atoms with Gasteiger partial charge in [0.25, 0.3) is 0 Å². The first-order valence-corrected chi connectivity index (χ1v) is 8.52. The van der Waals surface area contributed by atoms with Crippen molar-refractivity contribution in [2.75, 3.05) is 19.8 Å². The first-order valence-electron chi connectivity index (χ1n) is 8.52. The Kier molecular flexibility index (Phi) is 4.30. The van der Waals surface area contributed by atoms with E-state index in [4.69, 9.17) is 9.15 Å². The van der Waals surface area contributed by atoms with Crippen molar-refractivity contribution in [3.63, 3.8) is 0 Å². The van der Waals surface area contributed by atoms with Crippen molar-refractivity contribution < 1.29 is 13.9 Å². The highest BCUT2D eigenvalue weighted by Gasteiger charge is 2.29. The van der Waals surface area contributed by atoms with E-state index in [1.165, 1.54) is 0 Å². The van der Waals surface area contributed by atoms with Gasteiger partial charge in [-0.3, -0.25) is 9.78 Å². The van der Waals surface area contributed by atoms with E-state index in [2.05, 4.69) is 9.97 Å². The fourth-order valence-corrected chi connectivity index (χ4v) is 3.29. The van der Waals surface area contributed by atoms with Crippen molar-refractivity contribution in [2.24, 2.45) is 0 Å². The zero-order valence-corrected chi connectivity index (χ0v) is 13.6. The molecule has 1 atom stereocenters. The number of rotatable bonds is 4. The van der Waals surface area contributed by atoms with Crippen LogP contribution in [0.25, 0.3) is 0 Å². The van der Waals surface area contributed by atoms with Gasteiger partial charge in [-0.1, -0.05) is 6.07 Å². The van der Waals surface area contributed by atoms with Crippen LogP contribution in [0.5, 0.6) is 0 Å². The van der Waals surface area contributed by atoms with Gasteiger partial charge in [0.2, 0.25) is 5.91 Å². The fraction of sp³-hybridized carbons (Fsp3) is 0.500. The van der Waals surface area contributed by atoms with Crippen LogP contribution in [-0.4, -0.2) is 40.5 Å². The summed E-state index contributed by atoms with van der Waals surface area (Å²) in [6, 6.07) is 3.90. The SMILES string of the molecule is O=C(CCc1cccnc1)N1CCc2oc(C3CCOC3)nc2C1. The molecule has 2 aromatic rings. The van der Waals surface area contributed by atoms with Crippen LogP contribution in [0.4, 0.5) is 0 Å². The molecule has 1 saturated heterocycles. The standard InChI is InChI=1S/C18H21N3O3/c22-17(4-3-13-2-1-7-19-10-13)21-8-5-16-15(11-21)20-18(24-16)14-6-9-23-12-14/h1-2,7,10,14H,3-6,8-9,11-12H2. The zero-order chi connectivity index (χ0) is 16.4. The predicted molar refractivity (Wildman–Crippen MR) is 86.4 cm³/mol. The van der Waals surface area contributed by atoms with Crippen molar-refractivity contribution in [1.29, 1.82) is 0 Å². The Morgan fingerprint density at radius 3 is 3.17 bits per heavy atom. The number of pyridine rings is 1. The minimum Gasteiger partial charge on any atom is -0.445 e. The second-order valence-electron chi connectivity index (χ2n) is 6.41. The van der Waals surface area contributed by atoms with Crippen molar-refractivity contribution in [3.05, 3.63) is 47.4 Å². The topological polar surface area (TPSA) is 68.5 Å². The van der Waals surface area contributed by atoms with E-state index in [9.17, 15) is 4.79 Å². The second-order valence-corrected chi connectivity index (χ2v) is 6.41. The molecule has 0 bridgehead atoms. The number of aromatic nitrogens is 2. The van der Waals surface area contributed by atoms with Crippen LogP contribution in [0.2, 0.25) is 0 Å². The van der Waals surface area contributed by atoms with Gasteiger partial charge in [-0.25, -0.2) is 4.98 Å². The molecular weight excluding hydrogens is 306 g/mol. The monoisotopic (exact) mass is 327 g/mol. The van der Waals surface area contributed by atoms with E-state index in [1.54, 1.807) is 6.20 Å². The van der Waals surface area contributed by atoms with Crippen molar-refractivity contribution in [1.82, 2.24) is 14.9 Å². The van der Waals surface area contributed by atoms with Crippen molar-refractivity contribution >= 4 is 5.91 Å². The average Bonchev–Trinajstić information content (AvgIpc) is 3.28. The van der Waals surface area contributed by atoms with E-state index in [1.807, 2.05) is 23.2 Å². The lowest BCUT2D eigenvalue weighted by molar-refractivity contribution is -0.132. The number of fused-ring (bicyclic) bond motifs is 1. The van der Waals surface area contributed by atoms with Gasteiger partial charge < -0.3 is 14.1 Å². The molecule has 0 spiro atoms. The predicted octanol–water partition coefficient (Wildman–Crippen LogP) is 2.09. The summed E-state index contributed by atoms with van der Waals surface area (Å²) >= 11 is 0. The molecule has 0 aliphatic carbocycles. The summed E-state index contributed by atoms with van der Waals surface area (Å²) in [5, 5.41) is 0. The minimum absolute atomic E-state index is 0.165. The smallest absolute Gasteiger partial charge is 0.223 e. The average molecular weight is 327 g/mol. The Balaban J connectivity index is 1.37. The van der Waals surface area contributed by atoms with Crippen LogP contribution in [-0.2, 0) is 28.9 Å². The zero-order valence-electron chi connectivity index (χ0n) is 13.6. The molecule has 6 nitrogen and oxygen atoms in total. The molecule has 1 amide bonds. The Bertz CT molecular complexity index is 708. The maximum atomic E-state index is 12.5. The molecule has 0 saturated carbocycles. The van der Waals surface area contributed by atoms with Crippen LogP contribution >= 0.6 is 0 Å². The molecule has 2 aliphatic heterocycles. The van der Waals surface area contributed by atoms with Crippen LogP contribution < -0.4 is 0 Å². The van der Waals surface area contributed by atoms with Gasteiger partial charge in [-0.15, -0.1) is 0 Å². The highest BCUT2D eigenvalue weighted by atomic mass is 16.5. The molecule has 4 heterocycles. The van der Waals surface area contributed by atoms with Crippen LogP contribution in [0.1, 0.15) is 41.7 Å². The molecule has 1 unspecified atom stereocenters. The molecule has 0 radical (unpaired) electrons. The summed E-state index contributed by atoms with van der Waals surface area (Å²) in [5.41, 5.74) is 2.01. The maximum absolute atomic E-state index is 12.5. The third kappa shape index (κ3) is 3.19. The van der Waals surface area contributed by atoms with Gasteiger partial charge in [0.05, 0.1) is 19.1 Å². The van der Waals surface area contributed by atoms with Gasteiger partial charge in [0.1, 0.15) is 11.5 Å². The molecule has 6 heteroatoms. The summed E-state index contributed by atoms with van der Waals surface area (Å²) < 4.78 is 11.3. The number of carbonyl (C=O) groups is 1. The Morgan fingerprint density at radius 2 is 2.38 bits per heavy atom. The van der Waals surface area contributed by atoms with Crippen molar-refractivity contribution in [2.45, 2.75) is 38.1 Å². The highest BCUT2D eigenvalue weighted by molar-refractivity contribution is 5.76. The first-order chi connectivity index (χ1) is 11.8. The molecule has 2 aliphatic rings. The van der Waals surface area contributed by atoms with Crippen LogP contribution in [0, 0.1) is 0 Å². The fourth-order valence-electron chi connectivity index (χ4n) is 3.29. The lowest BCUT2D eigenvalue weighted by atomic mass is 10.1. The van der Waals surface area contributed by atoms with Crippen LogP contribution in [0.15, 0.2) is 28.9 Å². The summed E-state index contributed by atoms with van der Waals surface area (Å²) in [6.45, 7) is 2.72. The number of hydrogen-bond donors (Lipinski definition) is 0. The Labute approximate surface area is 140 Å². The molecule has 0 N–H and O–H groups in total. The van der Waals surface area contributed by atoms with Gasteiger partial charge in [0.15, 0.2) is 5.89 Å². The van der Waals surface area contributed by atoms with E-state index in [0.717, 1.165) is 48.8 Å². The number of nitrogens with zero attached hydrogens (tertiary/aromatic N) is 3. The lowest BCUT2D eigenvalue weighted by Crippen LogP contribution is -2.35. The van der Waals surface area contributed by atoms with Gasteiger partial charge in [-0.2, -0.15) is 0 Å².